The molecule has 0 aromatic heterocycles. The van der Waals surface area contributed by atoms with Crippen molar-refractivity contribution >= 4 is 0 Å². The third kappa shape index (κ3) is 7.77. The third-order valence-corrected chi connectivity index (χ3v) is 2.61. The van der Waals surface area contributed by atoms with E-state index in [0.29, 0.717) is 12.1 Å². The van der Waals surface area contributed by atoms with Crippen molar-refractivity contribution in [2.24, 2.45) is 0 Å². The van der Waals surface area contributed by atoms with E-state index in [1.807, 2.05) is 6.92 Å². The highest BCUT2D eigenvalue weighted by molar-refractivity contribution is 4.68. The summed E-state index contributed by atoms with van der Waals surface area (Å²) in [7, 11) is 0. The first-order chi connectivity index (χ1) is 6.95. The summed E-state index contributed by atoms with van der Waals surface area (Å²) in [4.78, 5) is 2.47. The number of aliphatic hydroxyl groups excluding tert-OH is 1. The van der Waals surface area contributed by atoms with Gasteiger partial charge in [0.2, 0.25) is 0 Å². The van der Waals surface area contributed by atoms with Gasteiger partial charge in [0.25, 0.3) is 0 Å². The van der Waals surface area contributed by atoms with Gasteiger partial charge in [-0.05, 0) is 47.6 Å². The molecule has 3 nitrogen and oxygen atoms in total. The van der Waals surface area contributed by atoms with Crippen LogP contribution in [0.5, 0.6) is 0 Å². The molecule has 15 heavy (non-hydrogen) atoms. The molecule has 0 bridgehead atoms. The molecule has 0 heterocycles. The van der Waals surface area contributed by atoms with Crippen LogP contribution in [0.4, 0.5) is 0 Å². The lowest BCUT2D eigenvalue weighted by molar-refractivity contribution is 0.168. The molecule has 2 N–H and O–H groups in total. The summed E-state index contributed by atoms with van der Waals surface area (Å²) in [5, 5.41) is 12.4. The van der Waals surface area contributed by atoms with Crippen molar-refractivity contribution in [1.29, 1.82) is 0 Å². The molecular weight excluding hydrogens is 188 g/mol. The van der Waals surface area contributed by atoms with Gasteiger partial charge in [0.1, 0.15) is 0 Å². The van der Waals surface area contributed by atoms with E-state index in [-0.39, 0.29) is 6.10 Å². The topological polar surface area (TPSA) is 35.5 Å². The zero-order chi connectivity index (χ0) is 11.8. The molecule has 0 rings (SSSR count). The zero-order valence-corrected chi connectivity index (χ0v) is 11.0. The van der Waals surface area contributed by atoms with Gasteiger partial charge in [-0.3, -0.25) is 4.90 Å². The summed E-state index contributed by atoms with van der Waals surface area (Å²) in [5.74, 6) is 0. The van der Waals surface area contributed by atoms with E-state index < -0.39 is 0 Å². The molecule has 0 aliphatic heterocycles. The van der Waals surface area contributed by atoms with E-state index in [1.165, 1.54) is 0 Å². The van der Waals surface area contributed by atoms with E-state index in [4.69, 9.17) is 5.11 Å². The predicted octanol–water partition coefficient (Wildman–Crippen LogP) is 1.47. The zero-order valence-electron chi connectivity index (χ0n) is 11.0. The third-order valence-electron chi connectivity index (χ3n) is 2.61. The molecule has 0 fully saturated rings. The van der Waals surface area contributed by atoms with Crippen molar-refractivity contribution in [3.8, 4) is 0 Å². The Hall–Kier alpha value is -0.120. The standard InChI is InChI=1S/C12H28N2O/c1-10(2)14(11(3)4)9-8-13-7-6-12(5)15/h10-13,15H,6-9H2,1-5H3. The van der Waals surface area contributed by atoms with Gasteiger partial charge >= 0.3 is 0 Å². The van der Waals surface area contributed by atoms with Crippen LogP contribution in [0.25, 0.3) is 0 Å². The van der Waals surface area contributed by atoms with Gasteiger partial charge in [0.15, 0.2) is 0 Å². The van der Waals surface area contributed by atoms with Gasteiger partial charge in [0.05, 0.1) is 6.10 Å². The van der Waals surface area contributed by atoms with E-state index in [1.54, 1.807) is 0 Å². The average Bonchev–Trinajstić information content (AvgIpc) is 2.08. The van der Waals surface area contributed by atoms with Crippen LogP contribution in [0.2, 0.25) is 0 Å². The molecule has 0 aliphatic rings. The second-order valence-corrected chi connectivity index (χ2v) is 4.81. The van der Waals surface area contributed by atoms with E-state index >= 15 is 0 Å². The van der Waals surface area contributed by atoms with Crippen molar-refractivity contribution in [1.82, 2.24) is 10.2 Å². The van der Waals surface area contributed by atoms with E-state index in [0.717, 1.165) is 26.1 Å². The smallest absolute Gasteiger partial charge is 0.0524 e. The Kier molecular flexibility index (Phi) is 8.02. The maximum Gasteiger partial charge on any atom is 0.0524 e. The number of nitrogens with one attached hydrogen (secondary N) is 1. The normalized spacial score (nSPS) is 14.2. The fraction of sp³-hybridized carbons (Fsp3) is 1.00. The van der Waals surface area contributed by atoms with Crippen molar-refractivity contribution in [3.63, 3.8) is 0 Å². The Labute approximate surface area is 94.9 Å². The summed E-state index contributed by atoms with van der Waals surface area (Å²) in [5.41, 5.74) is 0. The monoisotopic (exact) mass is 216 g/mol. The molecule has 1 atom stereocenters. The molecule has 0 aliphatic carbocycles. The van der Waals surface area contributed by atoms with Crippen molar-refractivity contribution in [2.75, 3.05) is 19.6 Å². The Morgan fingerprint density at radius 3 is 1.93 bits per heavy atom. The highest BCUT2D eigenvalue weighted by atomic mass is 16.3. The van der Waals surface area contributed by atoms with Crippen LogP contribution in [0.3, 0.4) is 0 Å². The number of aliphatic hydroxyl groups is 1. The number of hydrogen-bond donors (Lipinski definition) is 2. The largest absolute Gasteiger partial charge is 0.393 e. The first-order valence-corrected chi connectivity index (χ1v) is 6.09. The molecule has 0 spiro atoms. The van der Waals surface area contributed by atoms with Crippen LogP contribution < -0.4 is 5.32 Å². The summed E-state index contributed by atoms with van der Waals surface area (Å²) >= 11 is 0. The average molecular weight is 216 g/mol. The highest BCUT2D eigenvalue weighted by Gasteiger charge is 2.11. The molecule has 0 aromatic carbocycles. The molecule has 0 amide bonds. The molecule has 0 aromatic rings. The molecule has 0 radical (unpaired) electrons. The molecule has 0 saturated heterocycles. The molecule has 92 valence electrons. The number of rotatable bonds is 8. The van der Waals surface area contributed by atoms with Gasteiger partial charge in [0, 0.05) is 25.2 Å². The summed E-state index contributed by atoms with van der Waals surface area (Å²) in [6.45, 7) is 13.7. The van der Waals surface area contributed by atoms with E-state index in [2.05, 4.69) is 37.9 Å². The molecule has 1 unspecified atom stereocenters. The van der Waals surface area contributed by atoms with Crippen LogP contribution in [-0.2, 0) is 0 Å². The number of hydrogen-bond acceptors (Lipinski definition) is 3. The van der Waals surface area contributed by atoms with Crippen LogP contribution >= 0.6 is 0 Å². The molecule has 3 heteroatoms. The molecule has 0 saturated carbocycles. The Morgan fingerprint density at radius 2 is 1.53 bits per heavy atom. The first kappa shape index (κ1) is 14.9. The van der Waals surface area contributed by atoms with Gasteiger partial charge < -0.3 is 10.4 Å². The van der Waals surface area contributed by atoms with Crippen LogP contribution in [0, 0.1) is 0 Å². The summed E-state index contributed by atoms with van der Waals surface area (Å²) in [6.07, 6.45) is 0.646. The van der Waals surface area contributed by atoms with Crippen molar-refractivity contribution < 1.29 is 5.11 Å². The first-order valence-electron chi connectivity index (χ1n) is 6.09. The van der Waals surface area contributed by atoms with Gasteiger partial charge in [-0.2, -0.15) is 0 Å². The minimum Gasteiger partial charge on any atom is -0.393 e. The lowest BCUT2D eigenvalue weighted by atomic mass is 10.2. The fourth-order valence-corrected chi connectivity index (χ4v) is 1.76. The van der Waals surface area contributed by atoms with Gasteiger partial charge in [-0.1, -0.05) is 0 Å². The van der Waals surface area contributed by atoms with Crippen LogP contribution in [0.15, 0.2) is 0 Å². The predicted molar refractivity (Wildman–Crippen MR) is 66.1 cm³/mol. The Morgan fingerprint density at radius 1 is 1.00 bits per heavy atom. The Balaban J connectivity index is 3.55. The van der Waals surface area contributed by atoms with Crippen molar-refractivity contribution in [3.05, 3.63) is 0 Å². The summed E-state index contributed by atoms with van der Waals surface area (Å²) < 4.78 is 0. The number of nitrogens with zero attached hydrogens (tertiary/aromatic N) is 1. The van der Waals surface area contributed by atoms with Gasteiger partial charge in [-0.25, -0.2) is 0 Å². The second-order valence-electron chi connectivity index (χ2n) is 4.81. The van der Waals surface area contributed by atoms with E-state index in [9.17, 15) is 0 Å². The SMILES string of the molecule is CC(O)CCNCCN(C(C)C)C(C)C. The molecular formula is C12H28N2O. The van der Waals surface area contributed by atoms with Crippen LogP contribution in [0.1, 0.15) is 41.0 Å². The lowest BCUT2D eigenvalue weighted by Crippen LogP contribution is -2.41. The highest BCUT2D eigenvalue weighted by Crippen LogP contribution is 2.03. The summed E-state index contributed by atoms with van der Waals surface area (Å²) in [6, 6.07) is 1.20. The maximum atomic E-state index is 9.09. The van der Waals surface area contributed by atoms with Gasteiger partial charge in [-0.15, -0.1) is 0 Å². The Bertz CT molecular complexity index is 139. The van der Waals surface area contributed by atoms with Crippen LogP contribution in [-0.4, -0.2) is 47.8 Å². The minimum absolute atomic E-state index is 0.191. The quantitative estimate of drug-likeness (QED) is 0.603. The van der Waals surface area contributed by atoms with Crippen molar-refractivity contribution in [2.45, 2.75) is 59.2 Å². The fourth-order valence-electron chi connectivity index (χ4n) is 1.76. The lowest BCUT2D eigenvalue weighted by Gasteiger charge is -2.30. The maximum absolute atomic E-state index is 9.09. The second kappa shape index (κ2) is 8.08. The minimum atomic E-state index is -0.191.